The summed E-state index contributed by atoms with van der Waals surface area (Å²) in [5, 5.41) is 14.8. The van der Waals surface area contributed by atoms with Gasteiger partial charge in [0.25, 0.3) is 0 Å². The van der Waals surface area contributed by atoms with Gasteiger partial charge in [0.15, 0.2) is 5.84 Å². The Hall–Kier alpha value is -2.11. The molecule has 4 N–H and O–H groups in total. The van der Waals surface area contributed by atoms with Crippen LogP contribution in [-0.2, 0) is 17.8 Å². The van der Waals surface area contributed by atoms with Crippen LogP contribution in [-0.4, -0.2) is 21.9 Å². The van der Waals surface area contributed by atoms with Gasteiger partial charge in [0, 0.05) is 6.20 Å². The molecule has 0 aromatic carbocycles. The molecule has 1 aromatic heterocycles. The minimum atomic E-state index is -0.866. The van der Waals surface area contributed by atoms with Gasteiger partial charge in [-0.2, -0.15) is 0 Å². The van der Waals surface area contributed by atoms with Gasteiger partial charge >= 0.3 is 0 Å². The van der Waals surface area contributed by atoms with Crippen LogP contribution < -0.4 is 11.1 Å². The molecule has 1 aromatic rings. The normalized spacial score (nSPS) is 25.2. The first kappa shape index (κ1) is 15.3. The van der Waals surface area contributed by atoms with E-state index in [0.717, 1.165) is 17.7 Å². The Labute approximate surface area is 124 Å². The smallest absolute Gasteiger partial charge is 0.234 e. The molecule has 114 valence electrons. The summed E-state index contributed by atoms with van der Waals surface area (Å²) in [5.41, 5.74) is 6.82. The number of nitrogens with one attached hydrogen (secondary N) is 1. The molecule has 1 heterocycles. The van der Waals surface area contributed by atoms with E-state index in [4.69, 9.17) is 10.9 Å². The summed E-state index contributed by atoms with van der Waals surface area (Å²) in [6, 6.07) is 3.88. The number of aromatic nitrogens is 1. The van der Waals surface area contributed by atoms with Crippen LogP contribution in [0.1, 0.15) is 37.9 Å². The maximum absolute atomic E-state index is 12.5. The van der Waals surface area contributed by atoms with Crippen molar-refractivity contribution in [3.8, 4) is 0 Å². The number of pyridine rings is 1. The van der Waals surface area contributed by atoms with E-state index in [1.54, 1.807) is 6.20 Å². The van der Waals surface area contributed by atoms with Crippen molar-refractivity contribution >= 4 is 11.7 Å². The van der Waals surface area contributed by atoms with Crippen molar-refractivity contribution in [1.29, 1.82) is 0 Å². The molecular formula is C15H22N4O2. The Morgan fingerprint density at radius 1 is 1.62 bits per heavy atom. The van der Waals surface area contributed by atoms with Crippen LogP contribution in [0.15, 0.2) is 23.5 Å². The van der Waals surface area contributed by atoms with E-state index in [2.05, 4.69) is 15.5 Å². The Morgan fingerprint density at radius 2 is 2.33 bits per heavy atom. The first-order valence-electron chi connectivity index (χ1n) is 7.22. The lowest BCUT2D eigenvalue weighted by Gasteiger charge is -2.43. The van der Waals surface area contributed by atoms with Crippen LogP contribution in [0.25, 0.3) is 0 Å². The number of hydrogen-bond acceptors (Lipinski definition) is 4. The second kappa shape index (κ2) is 6.11. The molecule has 0 atom stereocenters. The summed E-state index contributed by atoms with van der Waals surface area (Å²) in [5.74, 6) is 0.204. The fraction of sp³-hybridized carbons (Fsp3) is 0.533. The van der Waals surface area contributed by atoms with Crippen molar-refractivity contribution in [3.63, 3.8) is 0 Å². The van der Waals surface area contributed by atoms with Crippen LogP contribution in [0, 0.1) is 11.3 Å². The predicted molar refractivity (Wildman–Crippen MR) is 79.7 cm³/mol. The lowest BCUT2D eigenvalue weighted by molar-refractivity contribution is -0.133. The van der Waals surface area contributed by atoms with Crippen LogP contribution in [0.2, 0.25) is 0 Å². The predicted octanol–water partition coefficient (Wildman–Crippen LogP) is 1.42. The van der Waals surface area contributed by atoms with Gasteiger partial charge in [-0.25, -0.2) is 0 Å². The van der Waals surface area contributed by atoms with E-state index in [-0.39, 0.29) is 11.7 Å². The largest absolute Gasteiger partial charge is 0.409 e. The number of carbonyl (C=O) groups is 1. The number of rotatable bonds is 5. The average Bonchev–Trinajstić information content (AvgIpc) is 2.48. The van der Waals surface area contributed by atoms with Gasteiger partial charge in [-0.05, 0) is 36.8 Å². The van der Waals surface area contributed by atoms with Crippen LogP contribution in [0.5, 0.6) is 0 Å². The van der Waals surface area contributed by atoms with Crippen molar-refractivity contribution < 1.29 is 10.0 Å². The zero-order valence-electron chi connectivity index (χ0n) is 12.5. The molecule has 0 saturated heterocycles. The standard InChI is InChI=1S/C15H22N4O2/c1-3-11-5-4-6-17-12(11)9-18-14(20)15(13(16)19-21)7-10(2)8-15/h4-6,10,21H,3,7-9H2,1-2H3,(H2,16,19)(H,18,20). The van der Waals surface area contributed by atoms with Crippen molar-refractivity contribution in [3.05, 3.63) is 29.6 Å². The number of amides is 1. The van der Waals surface area contributed by atoms with Crippen LogP contribution >= 0.6 is 0 Å². The van der Waals surface area contributed by atoms with E-state index >= 15 is 0 Å². The molecule has 2 rings (SSSR count). The Balaban J connectivity index is 2.07. The average molecular weight is 290 g/mol. The van der Waals surface area contributed by atoms with E-state index in [9.17, 15) is 4.79 Å². The van der Waals surface area contributed by atoms with Gasteiger partial charge in [0.2, 0.25) is 5.91 Å². The Morgan fingerprint density at radius 3 is 2.90 bits per heavy atom. The molecular weight excluding hydrogens is 268 g/mol. The maximum atomic E-state index is 12.5. The maximum Gasteiger partial charge on any atom is 0.234 e. The van der Waals surface area contributed by atoms with E-state index in [0.29, 0.717) is 25.3 Å². The molecule has 1 aliphatic rings. The third-order valence-corrected chi connectivity index (χ3v) is 4.21. The number of amidine groups is 1. The Kier molecular flexibility index (Phi) is 4.45. The highest BCUT2D eigenvalue weighted by atomic mass is 16.4. The lowest BCUT2D eigenvalue weighted by Crippen LogP contribution is -2.56. The zero-order valence-corrected chi connectivity index (χ0v) is 12.5. The summed E-state index contributed by atoms with van der Waals surface area (Å²) in [7, 11) is 0. The summed E-state index contributed by atoms with van der Waals surface area (Å²) < 4.78 is 0. The quantitative estimate of drug-likeness (QED) is 0.330. The number of aryl methyl sites for hydroxylation is 1. The second-order valence-electron chi connectivity index (χ2n) is 5.73. The van der Waals surface area contributed by atoms with Gasteiger partial charge in [-0.3, -0.25) is 9.78 Å². The molecule has 1 saturated carbocycles. The number of nitrogens with zero attached hydrogens (tertiary/aromatic N) is 2. The van der Waals surface area contributed by atoms with Crippen molar-refractivity contribution in [2.45, 2.75) is 39.7 Å². The fourth-order valence-electron chi connectivity index (χ4n) is 3.02. The fourth-order valence-corrected chi connectivity index (χ4v) is 3.02. The molecule has 1 amide bonds. The van der Waals surface area contributed by atoms with Crippen LogP contribution in [0.4, 0.5) is 0 Å². The second-order valence-corrected chi connectivity index (χ2v) is 5.73. The molecule has 1 aliphatic carbocycles. The zero-order chi connectivity index (χ0) is 15.5. The summed E-state index contributed by atoms with van der Waals surface area (Å²) in [4.78, 5) is 16.8. The summed E-state index contributed by atoms with van der Waals surface area (Å²) >= 11 is 0. The summed E-state index contributed by atoms with van der Waals surface area (Å²) in [6.45, 7) is 4.45. The molecule has 6 nitrogen and oxygen atoms in total. The molecule has 0 aliphatic heterocycles. The lowest BCUT2D eigenvalue weighted by atomic mass is 9.61. The highest BCUT2D eigenvalue weighted by molar-refractivity contribution is 6.07. The monoisotopic (exact) mass is 290 g/mol. The van der Waals surface area contributed by atoms with Gasteiger partial charge in [-0.1, -0.05) is 25.1 Å². The first-order chi connectivity index (χ1) is 10.0. The van der Waals surface area contributed by atoms with Crippen molar-refractivity contribution in [2.24, 2.45) is 22.2 Å². The van der Waals surface area contributed by atoms with Gasteiger partial charge in [-0.15, -0.1) is 0 Å². The molecule has 1 fully saturated rings. The van der Waals surface area contributed by atoms with E-state index < -0.39 is 5.41 Å². The molecule has 0 radical (unpaired) electrons. The van der Waals surface area contributed by atoms with E-state index in [1.165, 1.54) is 0 Å². The minimum Gasteiger partial charge on any atom is -0.409 e. The topological polar surface area (TPSA) is 101 Å². The number of oxime groups is 1. The van der Waals surface area contributed by atoms with Crippen molar-refractivity contribution in [1.82, 2.24) is 10.3 Å². The highest BCUT2D eigenvalue weighted by Gasteiger charge is 2.52. The van der Waals surface area contributed by atoms with Crippen molar-refractivity contribution in [2.75, 3.05) is 0 Å². The van der Waals surface area contributed by atoms with Gasteiger partial charge < -0.3 is 16.3 Å². The number of hydrogen-bond donors (Lipinski definition) is 3. The number of carbonyl (C=O) groups excluding carboxylic acids is 1. The minimum absolute atomic E-state index is 0.00478. The Bertz CT molecular complexity index is 550. The molecule has 21 heavy (non-hydrogen) atoms. The first-order valence-corrected chi connectivity index (χ1v) is 7.22. The molecule has 6 heteroatoms. The van der Waals surface area contributed by atoms with Gasteiger partial charge in [0.05, 0.1) is 12.2 Å². The number of nitrogens with two attached hydrogens (primary N) is 1. The third kappa shape index (κ3) is 2.84. The molecule has 0 spiro atoms. The van der Waals surface area contributed by atoms with E-state index in [1.807, 2.05) is 26.0 Å². The highest BCUT2D eigenvalue weighted by Crippen LogP contribution is 2.45. The van der Waals surface area contributed by atoms with Gasteiger partial charge in [0.1, 0.15) is 5.41 Å². The molecule has 0 bridgehead atoms. The summed E-state index contributed by atoms with van der Waals surface area (Å²) in [6.07, 6.45) is 3.79. The third-order valence-electron chi connectivity index (χ3n) is 4.21. The molecule has 0 unspecified atom stereocenters. The SMILES string of the molecule is CCc1cccnc1CNC(=O)C1(/C(N)=N/O)CC(C)C1. The van der Waals surface area contributed by atoms with Crippen LogP contribution in [0.3, 0.4) is 0 Å².